The SMILES string of the molecule is Cc1nc(Nc2ncc(C(=O)Nc3c(C)cccc3Cl)s2)cc(N2CCC(CN3CCC[C@H](Nc4ccc5c(c4)C(=O)N(C4CCC(=O)NC4=O)C5=O)C3)CC2)n1. The van der Waals surface area contributed by atoms with Crippen molar-refractivity contribution in [3.63, 3.8) is 0 Å². The number of imide groups is 2. The third-order valence-electron chi connectivity index (χ3n) is 11.0. The molecule has 15 nitrogen and oxygen atoms in total. The van der Waals surface area contributed by atoms with E-state index in [9.17, 15) is 24.0 Å². The Bertz CT molecular complexity index is 2240. The number of piperidine rings is 3. The molecule has 4 N–H and O–H groups in total. The first kappa shape index (κ1) is 38.4. The van der Waals surface area contributed by atoms with Crippen LogP contribution in [0.1, 0.15) is 80.3 Å². The first-order valence-electron chi connectivity index (χ1n) is 19.2. The number of nitrogens with one attached hydrogen (secondary N) is 4. The van der Waals surface area contributed by atoms with E-state index in [1.165, 1.54) is 17.5 Å². The van der Waals surface area contributed by atoms with Gasteiger partial charge < -0.3 is 25.8 Å². The topological polar surface area (TPSA) is 182 Å². The first-order chi connectivity index (χ1) is 27.5. The number of benzene rings is 2. The number of fused-ring (bicyclic) bond motifs is 1. The van der Waals surface area contributed by atoms with Crippen LogP contribution in [0.3, 0.4) is 0 Å². The fraction of sp³-hybridized carbons (Fsp3) is 0.400. The van der Waals surface area contributed by atoms with Crippen LogP contribution >= 0.6 is 22.9 Å². The highest BCUT2D eigenvalue weighted by atomic mass is 35.5. The number of hydrogen-bond donors (Lipinski definition) is 4. The molecule has 3 saturated heterocycles. The summed E-state index contributed by atoms with van der Waals surface area (Å²) in [5.74, 6) is 0.332. The van der Waals surface area contributed by atoms with Crippen molar-refractivity contribution in [2.24, 2.45) is 5.92 Å². The fourth-order valence-corrected chi connectivity index (χ4v) is 9.12. The zero-order valence-corrected chi connectivity index (χ0v) is 33.2. The van der Waals surface area contributed by atoms with Crippen LogP contribution in [0.4, 0.5) is 28.1 Å². The van der Waals surface area contributed by atoms with E-state index < -0.39 is 29.7 Å². The highest BCUT2D eigenvalue weighted by Crippen LogP contribution is 2.32. The van der Waals surface area contributed by atoms with Crippen LogP contribution in [0.5, 0.6) is 0 Å². The van der Waals surface area contributed by atoms with Crippen molar-refractivity contribution in [3.05, 3.63) is 81.1 Å². The average molecular weight is 811 g/mol. The number of nitrogens with zero attached hydrogens (tertiary/aromatic N) is 6. The maximum atomic E-state index is 13.3. The van der Waals surface area contributed by atoms with Crippen molar-refractivity contribution in [2.45, 2.75) is 64.5 Å². The Labute approximate surface area is 338 Å². The lowest BCUT2D eigenvalue weighted by Crippen LogP contribution is -2.54. The van der Waals surface area contributed by atoms with E-state index in [2.05, 4.69) is 41.0 Å². The lowest BCUT2D eigenvalue weighted by Gasteiger charge is -2.39. The third kappa shape index (κ3) is 8.34. The highest BCUT2D eigenvalue weighted by Gasteiger charge is 2.44. The molecule has 4 aromatic rings. The molecular formula is C40H43ClN10O5S. The number of aryl methyl sites for hydroxylation is 2. The zero-order valence-electron chi connectivity index (χ0n) is 31.6. The molecule has 0 spiro atoms. The fourth-order valence-electron chi connectivity index (χ4n) is 8.14. The van der Waals surface area contributed by atoms with Gasteiger partial charge in [0.1, 0.15) is 28.4 Å². The Balaban J connectivity index is 0.827. The van der Waals surface area contributed by atoms with Gasteiger partial charge in [0, 0.05) is 50.4 Å². The number of amides is 5. The lowest BCUT2D eigenvalue weighted by atomic mass is 9.94. The van der Waals surface area contributed by atoms with Gasteiger partial charge in [0.25, 0.3) is 17.7 Å². The molecule has 2 atom stereocenters. The molecule has 2 aromatic carbocycles. The molecule has 0 saturated carbocycles. The molecule has 3 fully saturated rings. The van der Waals surface area contributed by atoms with E-state index in [4.69, 9.17) is 16.6 Å². The molecular weight excluding hydrogens is 768 g/mol. The van der Waals surface area contributed by atoms with E-state index >= 15 is 0 Å². The smallest absolute Gasteiger partial charge is 0.267 e. The molecule has 296 valence electrons. The zero-order chi connectivity index (χ0) is 39.8. The summed E-state index contributed by atoms with van der Waals surface area (Å²) in [6.45, 7) is 8.39. The van der Waals surface area contributed by atoms with Crippen LogP contribution in [0.25, 0.3) is 0 Å². The second-order valence-electron chi connectivity index (χ2n) is 15.1. The van der Waals surface area contributed by atoms with Gasteiger partial charge in [0.05, 0.1) is 28.0 Å². The minimum Gasteiger partial charge on any atom is -0.381 e. The first-order valence-corrected chi connectivity index (χ1v) is 20.4. The Morgan fingerprint density at radius 1 is 0.965 bits per heavy atom. The Kier molecular flexibility index (Phi) is 10.9. The van der Waals surface area contributed by atoms with Gasteiger partial charge >= 0.3 is 0 Å². The van der Waals surface area contributed by atoms with Crippen molar-refractivity contribution in [2.75, 3.05) is 53.6 Å². The highest BCUT2D eigenvalue weighted by molar-refractivity contribution is 7.17. The van der Waals surface area contributed by atoms with Crippen molar-refractivity contribution < 1.29 is 24.0 Å². The number of carbonyl (C=O) groups excluding carboxylic acids is 5. The summed E-state index contributed by atoms with van der Waals surface area (Å²) < 4.78 is 0. The van der Waals surface area contributed by atoms with Gasteiger partial charge in [0.2, 0.25) is 11.8 Å². The lowest BCUT2D eigenvalue weighted by molar-refractivity contribution is -0.136. The van der Waals surface area contributed by atoms with Crippen LogP contribution in [0.15, 0.2) is 48.7 Å². The number of rotatable bonds is 10. The molecule has 4 aliphatic rings. The van der Waals surface area contributed by atoms with Crippen molar-refractivity contribution >= 4 is 80.6 Å². The predicted octanol–water partition coefficient (Wildman–Crippen LogP) is 5.39. The van der Waals surface area contributed by atoms with Gasteiger partial charge in [-0.1, -0.05) is 35.1 Å². The molecule has 6 heterocycles. The van der Waals surface area contributed by atoms with Crippen LogP contribution in [-0.4, -0.2) is 99.1 Å². The number of hydrogen-bond acceptors (Lipinski definition) is 13. The number of thiazole rings is 1. The standard InChI is InChI=1S/C40H43ClN10O5S/c1-22-5-3-7-29(41)35(22)48-37(54)31-19-42-40(57-31)46-32-18-33(44-23(2)43-32)50-15-12-24(13-16-50)20-49-14-4-6-26(21-49)45-25-8-9-27-28(17-25)39(56)51(38(27)55)30-10-11-34(52)47-36(30)53/h3,5,7-9,17-19,24,26,30,45H,4,6,10-16,20-21H2,1-2H3,(H,48,54)(H,47,52,53)(H,42,43,44,46)/t26-,30?/m0/s1. The quantitative estimate of drug-likeness (QED) is 0.150. The van der Waals surface area contributed by atoms with Gasteiger partial charge in [-0.3, -0.25) is 34.2 Å². The van der Waals surface area contributed by atoms with Crippen molar-refractivity contribution in [1.82, 2.24) is 30.1 Å². The minimum absolute atomic E-state index is 0.0843. The van der Waals surface area contributed by atoms with Gasteiger partial charge in [0.15, 0.2) is 5.13 Å². The number of aromatic nitrogens is 3. The molecule has 2 aromatic heterocycles. The Morgan fingerprint density at radius 3 is 2.56 bits per heavy atom. The third-order valence-corrected chi connectivity index (χ3v) is 12.2. The number of para-hydroxylation sites is 1. The molecule has 0 radical (unpaired) electrons. The summed E-state index contributed by atoms with van der Waals surface area (Å²) in [4.78, 5) is 83.5. The summed E-state index contributed by atoms with van der Waals surface area (Å²) in [6.07, 6.45) is 5.84. The second-order valence-corrected chi connectivity index (χ2v) is 16.5. The summed E-state index contributed by atoms with van der Waals surface area (Å²) >= 11 is 7.53. The summed E-state index contributed by atoms with van der Waals surface area (Å²) in [6, 6.07) is 11.8. The average Bonchev–Trinajstić information content (AvgIpc) is 3.75. The van der Waals surface area contributed by atoms with Gasteiger partial charge in [-0.15, -0.1) is 0 Å². The maximum Gasteiger partial charge on any atom is 0.267 e. The molecule has 0 aliphatic carbocycles. The summed E-state index contributed by atoms with van der Waals surface area (Å²) in [5, 5.41) is 13.0. The normalized spacial score (nSPS) is 20.4. The Morgan fingerprint density at radius 2 is 1.77 bits per heavy atom. The van der Waals surface area contributed by atoms with E-state index in [1.807, 2.05) is 38.1 Å². The molecule has 1 unspecified atom stereocenters. The van der Waals surface area contributed by atoms with Crippen LogP contribution in [-0.2, 0) is 9.59 Å². The largest absolute Gasteiger partial charge is 0.381 e. The second kappa shape index (κ2) is 16.2. The number of halogens is 1. The van der Waals surface area contributed by atoms with Crippen LogP contribution < -0.4 is 26.2 Å². The van der Waals surface area contributed by atoms with Crippen LogP contribution in [0, 0.1) is 19.8 Å². The van der Waals surface area contributed by atoms with E-state index in [1.54, 1.807) is 18.2 Å². The molecule has 4 aliphatic heterocycles. The number of anilines is 5. The monoisotopic (exact) mass is 810 g/mol. The van der Waals surface area contributed by atoms with E-state index in [0.29, 0.717) is 38.3 Å². The van der Waals surface area contributed by atoms with Gasteiger partial charge in [-0.25, -0.2) is 15.0 Å². The van der Waals surface area contributed by atoms with Crippen molar-refractivity contribution in [1.29, 1.82) is 0 Å². The summed E-state index contributed by atoms with van der Waals surface area (Å²) in [7, 11) is 0. The summed E-state index contributed by atoms with van der Waals surface area (Å²) in [5.41, 5.74) is 2.77. The predicted molar refractivity (Wildman–Crippen MR) is 217 cm³/mol. The van der Waals surface area contributed by atoms with Crippen LogP contribution in [0.2, 0.25) is 5.02 Å². The Hall–Kier alpha value is -5.45. The number of carbonyl (C=O) groups is 5. The van der Waals surface area contributed by atoms with Crippen molar-refractivity contribution in [3.8, 4) is 0 Å². The molecule has 0 bridgehead atoms. The van der Waals surface area contributed by atoms with Gasteiger partial charge in [-0.05, 0) is 88.2 Å². The minimum atomic E-state index is -0.985. The molecule has 5 amide bonds. The molecule has 57 heavy (non-hydrogen) atoms. The molecule has 17 heteroatoms. The number of likely N-dealkylation sites (tertiary alicyclic amines) is 1. The molecule has 8 rings (SSSR count). The maximum absolute atomic E-state index is 13.3. The van der Waals surface area contributed by atoms with E-state index in [-0.39, 0.29) is 35.9 Å². The van der Waals surface area contributed by atoms with E-state index in [0.717, 1.165) is 80.4 Å². The van der Waals surface area contributed by atoms with Gasteiger partial charge in [-0.2, -0.15) is 0 Å².